The van der Waals surface area contributed by atoms with Crippen LogP contribution in [0.5, 0.6) is 0 Å². The highest BCUT2D eigenvalue weighted by Gasteiger charge is 2.16. The Kier molecular flexibility index (Phi) is 6.97. The monoisotopic (exact) mass is 369 g/mol. The molecule has 0 unspecified atom stereocenters. The van der Waals surface area contributed by atoms with Crippen LogP contribution in [0, 0.1) is 0 Å². The Morgan fingerprint density at radius 1 is 1.00 bits per heavy atom. The van der Waals surface area contributed by atoms with Crippen molar-refractivity contribution in [2.24, 2.45) is 0 Å². The van der Waals surface area contributed by atoms with E-state index in [9.17, 15) is 4.79 Å². The molecule has 2 aromatic carbocycles. The lowest BCUT2D eigenvalue weighted by atomic mass is 10.2. The number of carbonyl (C=O) groups is 1. The molecule has 0 bridgehead atoms. The van der Waals surface area contributed by atoms with Crippen LogP contribution in [0.3, 0.4) is 0 Å². The summed E-state index contributed by atoms with van der Waals surface area (Å²) < 4.78 is 0. The maximum Gasteiger partial charge on any atom is 0.251 e. The maximum absolute atomic E-state index is 12.2. The number of amides is 1. The molecule has 4 nitrogen and oxygen atoms in total. The molecular weight excluding hydrogens is 342 g/mol. The van der Waals surface area contributed by atoms with E-state index in [1.165, 1.54) is 10.6 Å². The minimum atomic E-state index is 0.0200. The van der Waals surface area contributed by atoms with E-state index in [0.29, 0.717) is 0 Å². The lowest BCUT2D eigenvalue weighted by Crippen LogP contribution is -2.47. The molecule has 0 radical (unpaired) electrons. The van der Waals surface area contributed by atoms with Gasteiger partial charge < -0.3 is 10.2 Å². The number of benzene rings is 2. The molecule has 1 aliphatic rings. The molecule has 2 aromatic rings. The molecule has 0 atom stereocenters. The minimum absolute atomic E-state index is 0.0200. The zero-order valence-electron chi connectivity index (χ0n) is 15.4. The van der Waals surface area contributed by atoms with Gasteiger partial charge in [0.05, 0.1) is 0 Å². The van der Waals surface area contributed by atoms with Gasteiger partial charge in [-0.2, -0.15) is 0 Å². The third-order valence-electron chi connectivity index (χ3n) is 4.78. The van der Waals surface area contributed by atoms with Crippen LogP contribution >= 0.6 is 11.8 Å². The van der Waals surface area contributed by atoms with Crippen molar-refractivity contribution in [2.75, 3.05) is 50.4 Å². The van der Waals surface area contributed by atoms with E-state index in [4.69, 9.17) is 0 Å². The number of hydrogen-bond donors (Lipinski definition) is 1. The summed E-state index contributed by atoms with van der Waals surface area (Å²) in [5.41, 5.74) is 2.05. The van der Waals surface area contributed by atoms with Gasteiger partial charge in [0, 0.05) is 48.9 Å². The Balaban J connectivity index is 1.33. The molecule has 1 amide bonds. The van der Waals surface area contributed by atoms with Crippen LogP contribution in [0.15, 0.2) is 59.5 Å². The van der Waals surface area contributed by atoms with E-state index in [2.05, 4.69) is 45.4 Å². The van der Waals surface area contributed by atoms with Crippen molar-refractivity contribution in [1.82, 2.24) is 10.2 Å². The first kappa shape index (κ1) is 18.8. The van der Waals surface area contributed by atoms with Gasteiger partial charge in [0.25, 0.3) is 5.91 Å². The zero-order valence-corrected chi connectivity index (χ0v) is 16.2. The topological polar surface area (TPSA) is 35.6 Å². The number of hydrogen-bond acceptors (Lipinski definition) is 4. The van der Waals surface area contributed by atoms with Crippen molar-refractivity contribution in [1.29, 1.82) is 0 Å². The fourth-order valence-electron chi connectivity index (χ4n) is 3.22. The average Bonchev–Trinajstić information content (AvgIpc) is 2.72. The Morgan fingerprint density at radius 2 is 1.69 bits per heavy atom. The number of anilines is 1. The number of piperazine rings is 1. The van der Waals surface area contributed by atoms with E-state index in [-0.39, 0.29) is 5.91 Å². The minimum Gasteiger partial charge on any atom is -0.369 e. The first-order valence-electron chi connectivity index (χ1n) is 9.21. The summed E-state index contributed by atoms with van der Waals surface area (Å²) in [5.74, 6) is 0.0200. The highest BCUT2D eigenvalue weighted by atomic mass is 32.2. The summed E-state index contributed by atoms with van der Waals surface area (Å²) in [4.78, 5) is 18.3. The molecule has 5 heteroatoms. The van der Waals surface area contributed by atoms with Crippen molar-refractivity contribution in [3.63, 3.8) is 0 Å². The van der Waals surface area contributed by atoms with Crippen molar-refractivity contribution in [3.05, 3.63) is 60.2 Å². The zero-order chi connectivity index (χ0) is 18.2. The first-order valence-corrected chi connectivity index (χ1v) is 10.4. The average molecular weight is 370 g/mol. The second kappa shape index (κ2) is 9.64. The first-order chi connectivity index (χ1) is 12.8. The number of rotatable bonds is 7. The van der Waals surface area contributed by atoms with Crippen molar-refractivity contribution >= 4 is 23.4 Å². The smallest absolute Gasteiger partial charge is 0.251 e. The second-order valence-electron chi connectivity index (χ2n) is 6.50. The third kappa shape index (κ3) is 5.26. The summed E-state index contributed by atoms with van der Waals surface area (Å²) in [5, 5.41) is 3.03. The van der Waals surface area contributed by atoms with Crippen molar-refractivity contribution < 1.29 is 4.79 Å². The van der Waals surface area contributed by atoms with Gasteiger partial charge >= 0.3 is 0 Å². The highest BCUT2D eigenvalue weighted by Crippen LogP contribution is 2.16. The Hall–Kier alpha value is -1.98. The largest absolute Gasteiger partial charge is 0.369 e. The van der Waals surface area contributed by atoms with E-state index in [0.717, 1.165) is 51.3 Å². The van der Waals surface area contributed by atoms with E-state index < -0.39 is 0 Å². The number of para-hydroxylation sites is 1. The van der Waals surface area contributed by atoms with Gasteiger partial charge in [-0.15, -0.1) is 11.8 Å². The highest BCUT2D eigenvalue weighted by molar-refractivity contribution is 7.98. The van der Waals surface area contributed by atoms with Gasteiger partial charge in [0.1, 0.15) is 0 Å². The van der Waals surface area contributed by atoms with Gasteiger partial charge in [-0.25, -0.2) is 0 Å². The SMILES string of the molecule is CSc1ccc(C(=O)NCCCN2CCN(c3ccccc3)CC2)cc1. The molecule has 1 heterocycles. The van der Waals surface area contributed by atoms with Gasteiger partial charge in [0.2, 0.25) is 0 Å². The van der Waals surface area contributed by atoms with Crippen LogP contribution in [-0.2, 0) is 0 Å². The normalized spacial score (nSPS) is 15.0. The number of nitrogens with zero attached hydrogens (tertiary/aromatic N) is 2. The van der Waals surface area contributed by atoms with Gasteiger partial charge in [0.15, 0.2) is 0 Å². The second-order valence-corrected chi connectivity index (χ2v) is 7.38. The number of carbonyl (C=O) groups excluding carboxylic acids is 1. The standard InChI is InChI=1S/C21H27N3OS/c1-26-20-10-8-18(9-11-20)21(25)22-12-5-13-23-14-16-24(17-15-23)19-6-3-2-4-7-19/h2-4,6-11H,5,12-17H2,1H3,(H,22,25). The molecule has 1 saturated heterocycles. The lowest BCUT2D eigenvalue weighted by molar-refractivity contribution is 0.0951. The Morgan fingerprint density at radius 3 is 2.35 bits per heavy atom. The molecule has 26 heavy (non-hydrogen) atoms. The summed E-state index contributed by atoms with van der Waals surface area (Å²) in [7, 11) is 0. The van der Waals surface area contributed by atoms with Gasteiger partial charge in [-0.1, -0.05) is 18.2 Å². The lowest BCUT2D eigenvalue weighted by Gasteiger charge is -2.36. The predicted molar refractivity (Wildman–Crippen MR) is 110 cm³/mol. The van der Waals surface area contributed by atoms with Crippen molar-refractivity contribution in [2.45, 2.75) is 11.3 Å². The van der Waals surface area contributed by atoms with Crippen molar-refractivity contribution in [3.8, 4) is 0 Å². The van der Waals surface area contributed by atoms with E-state index in [1.54, 1.807) is 11.8 Å². The number of nitrogens with one attached hydrogen (secondary N) is 1. The molecule has 0 aromatic heterocycles. The Bertz CT molecular complexity index is 682. The maximum atomic E-state index is 12.2. The fraction of sp³-hybridized carbons (Fsp3) is 0.381. The summed E-state index contributed by atoms with van der Waals surface area (Å²) >= 11 is 1.68. The van der Waals surface area contributed by atoms with Crippen LogP contribution in [-0.4, -0.2) is 56.3 Å². The molecule has 1 fully saturated rings. The van der Waals surface area contributed by atoms with Crippen LogP contribution in [0.4, 0.5) is 5.69 Å². The number of thioether (sulfide) groups is 1. The molecule has 1 aliphatic heterocycles. The molecule has 3 rings (SSSR count). The summed E-state index contributed by atoms with van der Waals surface area (Å²) in [6.07, 6.45) is 3.02. The van der Waals surface area contributed by atoms with Crippen LogP contribution < -0.4 is 10.2 Å². The quantitative estimate of drug-likeness (QED) is 0.600. The van der Waals surface area contributed by atoms with Crippen LogP contribution in [0.2, 0.25) is 0 Å². The molecule has 0 spiro atoms. The third-order valence-corrected chi connectivity index (χ3v) is 5.53. The molecular formula is C21H27N3OS. The van der Waals surface area contributed by atoms with E-state index >= 15 is 0 Å². The molecule has 0 aliphatic carbocycles. The van der Waals surface area contributed by atoms with Gasteiger partial charge in [-0.05, 0) is 55.6 Å². The molecule has 138 valence electrons. The van der Waals surface area contributed by atoms with Crippen LogP contribution in [0.25, 0.3) is 0 Å². The van der Waals surface area contributed by atoms with Gasteiger partial charge in [-0.3, -0.25) is 9.69 Å². The molecule has 1 N–H and O–H groups in total. The summed E-state index contributed by atoms with van der Waals surface area (Å²) in [6.45, 7) is 6.06. The van der Waals surface area contributed by atoms with Crippen LogP contribution in [0.1, 0.15) is 16.8 Å². The van der Waals surface area contributed by atoms with E-state index in [1.807, 2.05) is 30.5 Å². The molecule has 0 saturated carbocycles. The predicted octanol–water partition coefficient (Wildman–Crippen LogP) is 3.35. The Labute approximate surface area is 160 Å². The summed E-state index contributed by atoms with van der Waals surface area (Å²) in [6, 6.07) is 18.4. The fourth-order valence-corrected chi connectivity index (χ4v) is 3.63.